The van der Waals surface area contributed by atoms with Crippen molar-refractivity contribution in [1.82, 2.24) is 0 Å². The Labute approximate surface area is 172 Å². The first-order valence-corrected chi connectivity index (χ1v) is 9.16. The Morgan fingerprint density at radius 2 is 1.57 bits per heavy atom. The molecule has 0 aliphatic rings. The second-order valence-corrected chi connectivity index (χ2v) is 6.38. The van der Waals surface area contributed by atoms with Crippen LogP contribution >= 0.6 is 0 Å². The molecule has 3 aromatic carbocycles. The van der Waals surface area contributed by atoms with Crippen molar-refractivity contribution in [3.05, 3.63) is 95.8 Å². The van der Waals surface area contributed by atoms with E-state index in [1.807, 2.05) is 6.07 Å². The van der Waals surface area contributed by atoms with E-state index in [1.54, 1.807) is 54.6 Å². The maximum atomic E-state index is 13.2. The SMILES string of the molecule is O=C(COC(=O)Cc1cccc(F)c1)Nc1ccccc1C(=O)Nc1ccccc1. The Morgan fingerprint density at radius 3 is 2.33 bits per heavy atom. The number of hydrogen-bond donors (Lipinski definition) is 2. The zero-order valence-corrected chi connectivity index (χ0v) is 15.9. The molecular formula is C23H19FN2O4. The van der Waals surface area contributed by atoms with Gasteiger partial charge in [-0.15, -0.1) is 0 Å². The van der Waals surface area contributed by atoms with Gasteiger partial charge >= 0.3 is 5.97 Å². The van der Waals surface area contributed by atoms with Crippen molar-refractivity contribution in [3.8, 4) is 0 Å². The van der Waals surface area contributed by atoms with E-state index in [0.717, 1.165) is 0 Å². The molecule has 0 saturated carbocycles. The Morgan fingerprint density at radius 1 is 0.833 bits per heavy atom. The smallest absolute Gasteiger partial charge is 0.310 e. The fourth-order valence-corrected chi connectivity index (χ4v) is 2.71. The van der Waals surface area contributed by atoms with Gasteiger partial charge < -0.3 is 15.4 Å². The number of anilines is 2. The van der Waals surface area contributed by atoms with Gasteiger partial charge in [0.25, 0.3) is 11.8 Å². The highest BCUT2D eigenvalue weighted by molar-refractivity contribution is 6.10. The Hall–Kier alpha value is -4.00. The summed E-state index contributed by atoms with van der Waals surface area (Å²) >= 11 is 0. The summed E-state index contributed by atoms with van der Waals surface area (Å²) in [6.45, 7) is -0.525. The van der Waals surface area contributed by atoms with Crippen LogP contribution in [0.15, 0.2) is 78.9 Å². The molecule has 6 nitrogen and oxygen atoms in total. The van der Waals surface area contributed by atoms with Crippen LogP contribution in [0.25, 0.3) is 0 Å². The second-order valence-electron chi connectivity index (χ2n) is 6.38. The molecule has 3 aromatic rings. The van der Waals surface area contributed by atoms with Crippen molar-refractivity contribution in [2.24, 2.45) is 0 Å². The highest BCUT2D eigenvalue weighted by Crippen LogP contribution is 2.17. The number of hydrogen-bond acceptors (Lipinski definition) is 4. The van der Waals surface area contributed by atoms with Crippen LogP contribution in [0.2, 0.25) is 0 Å². The normalized spacial score (nSPS) is 10.2. The summed E-state index contributed by atoms with van der Waals surface area (Å²) in [4.78, 5) is 36.6. The number of benzene rings is 3. The second kappa shape index (κ2) is 9.97. The van der Waals surface area contributed by atoms with E-state index in [2.05, 4.69) is 10.6 Å². The van der Waals surface area contributed by atoms with Crippen LogP contribution in [0.1, 0.15) is 15.9 Å². The van der Waals surface area contributed by atoms with Gasteiger partial charge in [-0.2, -0.15) is 0 Å². The molecule has 0 aliphatic heterocycles. The zero-order chi connectivity index (χ0) is 21.3. The molecule has 0 aliphatic carbocycles. The first kappa shape index (κ1) is 20.7. The van der Waals surface area contributed by atoms with Gasteiger partial charge in [-0.25, -0.2) is 4.39 Å². The lowest BCUT2D eigenvalue weighted by atomic mass is 10.1. The lowest BCUT2D eigenvalue weighted by Crippen LogP contribution is -2.23. The molecule has 2 N–H and O–H groups in total. The third-order valence-corrected chi connectivity index (χ3v) is 4.08. The zero-order valence-electron chi connectivity index (χ0n) is 15.9. The third-order valence-electron chi connectivity index (χ3n) is 4.08. The van der Waals surface area contributed by atoms with Crippen LogP contribution in [-0.2, 0) is 20.7 Å². The van der Waals surface area contributed by atoms with E-state index in [9.17, 15) is 18.8 Å². The summed E-state index contributed by atoms with van der Waals surface area (Å²) in [7, 11) is 0. The van der Waals surface area contributed by atoms with Crippen molar-refractivity contribution in [3.63, 3.8) is 0 Å². The molecule has 0 spiro atoms. The number of ether oxygens (including phenoxy) is 1. The largest absolute Gasteiger partial charge is 0.455 e. The van der Waals surface area contributed by atoms with Gasteiger partial charge in [0.2, 0.25) is 0 Å². The number of nitrogens with one attached hydrogen (secondary N) is 2. The maximum absolute atomic E-state index is 13.2. The molecule has 0 bridgehead atoms. The summed E-state index contributed by atoms with van der Waals surface area (Å²) in [5.41, 5.74) is 1.62. The van der Waals surface area contributed by atoms with Gasteiger partial charge in [0.1, 0.15) is 5.82 Å². The van der Waals surface area contributed by atoms with Gasteiger partial charge in [-0.05, 0) is 42.0 Å². The quantitative estimate of drug-likeness (QED) is 0.585. The van der Waals surface area contributed by atoms with E-state index in [-0.39, 0.29) is 23.6 Å². The summed E-state index contributed by atoms with van der Waals surface area (Å²) in [5.74, 6) is -2.10. The van der Waals surface area contributed by atoms with Crippen LogP contribution in [-0.4, -0.2) is 24.4 Å². The van der Waals surface area contributed by atoms with Crippen LogP contribution in [0, 0.1) is 5.82 Å². The fraction of sp³-hybridized carbons (Fsp3) is 0.0870. The topological polar surface area (TPSA) is 84.5 Å². The molecule has 0 saturated heterocycles. The van der Waals surface area contributed by atoms with Crippen molar-refractivity contribution < 1.29 is 23.5 Å². The summed E-state index contributed by atoms with van der Waals surface area (Å²) < 4.78 is 18.1. The van der Waals surface area contributed by atoms with E-state index in [1.165, 1.54) is 18.2 Å². The van der Waals surface area contributed by atoms with Gasteiger partial charge in [-0.3, -0.25) is 14.4 Å². The van der Waals surface area contributed by atoms with Crippen molar-refractivity contribution in [2.75, 3.05) is 17.2 Å². The molecule has 3 rings (SSSR count). The highest BCUT2D eigenvalue weighted by atomic mass is 19.1. The molecule has 0 radical (unpaired) electrons. The molecule has 7 heteroatoms. The third kappa shape index (κ3) is 6.00. The fourth-order valence-electron chi connectivity index (χ4n) is 2.71. The molecule has 30 heavy (non-hydrogen) atoms. The van der Waals surface area contributed by atoms with Crippen molar-refractivity contribution in [1.29, 1.82) is 0 Å². The lowest BCUT2D eigenvalue weighted by Gasteiger charge is -2.12. The Kier molecular flexibility index (Phi) is 6.89. The Bertz CT molecular complexity index is 1050. The first-order valence-electron chi connectivity index (χ1n) is 9.16. The average Bonchev–Trinajstić information content (AvgIpc) is 2.73. The minimum absolute atomic E-state index is 0.152. The van der Waals surface area contributed by atoms with E-state index in [4.69, 9.17) is 4.74 Å². The number of amides is 2. The number of halogens is 1. The van der Waals surface area contributed by atoms with Crippen LogP contribution in [0.3, 0.4) is 0 Å². The maximum Gasteiger partial charge on any atom is 0.310 e. The standard InChI is InChI=1S/C23H19FN2O4/c24-17-8-6-7-16(13-17)14-22(28)30-15-21(27)26-20-12-5-4-11-19(20)23(29)25-18-9-2-1-3-10-18/h1-13H,14-15H2,(H,25,29)(H,26,27). The summed E-state index contributed by atoms with van der Waals surface area (Å²) in [5, 5.41) is 5.32. The summed E-state index contributed by atoms with van der Waals surface area (Å²) in [6.07, 6.45) is -0.152. The van der Waals surface area contributed by atoms with E-state index in [0.29, 0.717) is 11.3 Å². The molecular weight excluding hydrogens is 387 g/mol. The van der Waals surface area contributed by atoms with Gasteiger partial charge in [0, 0.05) is 5.69 Å². The molecule has 0 aromatic heterocycles. The molecule has 0 atom stereocenters. The number of para-hydroxylation sites is 2. The minimum atomic E-state index is -0.661. The van der Waals surface area contributed by atoms with Crippen molar-refractivity contribution in [2.45, 2.75) is 6.42 Å². The average molecular weight is 406 g/mol. The van der Waals surface area contributed by atoms with Gasteiger partial charge in [0.15, 0.2) is 6.61 Å². The predicted octanol–water partition coefficient (Wildman–Crippen LogP) is 3.80. The van der Waals surface area contributed by atoms with Crippen LogP contribution < -0.4 is 10.6 Å². The number of rotatable bonds is 7. The minimum Gasteiger partial charge on any atom is -0.455 e. The monoisotopic (exact) mass is 406 g/mol. The molecule has 0 fully saturated rings. The molecule has 0 unspecified atom stereocenters. The number of carbonyl (C=O) groups excluding carboxylic acids is 3. The molecule has 152 valence electrons. The van der Waals surface area contributed by atoms with E-state index < -0.39 is 24.3 Å². The highest BCUT2D eigenvalue weighted by Gasteiger charge is 2.15. The number of esters is 1. The van der Waals surface area contributed by atoms with Crippen molar-refractivity contribution >= 4 is 29.2 Å². The molecule has 2 amide bonds. The molecule has 0 heterocycles. The van der Waals surface area contributed by atoms with E-state index >= 15 is 0 Å². The predicted molar refractivity (Wildman–Crippen MR) is 111 cm³/mol. The summed E-state index contributed by atoms with van der Waals surface area (Å²) in [6, 6.07) is 21.0. The van der Waals surface area contributed by atoms with Gasteiger partial charge in [-0.1, -0.05) is 42.5 Å². The number of carbonyl (C=O) groups is 3. The van der Waals surface area contributed by atoms with Gasteiger partial charge in [0.05, 0.1) is 17.7 Å². The van der Waals surface area contributed by atoms with Crippen LogP contribution in [0.4, 0.5) is 15.8 Å². The lowest BCUT2D eigenvalue weighted by molar-refractivity contribution is -0.146. The Balaban J connectivity index is 1.56. The van der Waals surface area contributed by atoms with Crippen LogP contribution in [0.5, 0.6) is 0 Å². The first-order chi connectivity index (χ1) is 14.5.